The Morgan fingerprint density at radius 1 is 1.55 bits per heavy atom. The van der Waals surface area contributed by atoms with Crippen molar-refractivity contribution in [1.82, 2.24) is 15.6 Å². The first kappa shape index (κ1) is 14.5. The van der Waals surface area contributed by atoms with Crippen LogP contribution in [0.2, 0.25) is 0 Å². The minimum absolute atomic E-state index is 0.160. The van der Waals surface area contributed by atoms with E-state index in [1.807, 2.05) is 0 Å². The molecule has 1 heterocycles. The van der Waals surface area contributed by atoms with Crippen LogP contribution in [0.1, 0.15) is 25.3 Å². The van der Waals surface area contributed by atoms with E-state index < -0.39 is 6.61 Å². The topological polar surface area (TPSA) is 63.2 Å². The monoisotopic (exact) mass is 285 g/mol. The molecule has 1 aromatic rings. The van der Waals surface area contributed by atoms with Gasteiger partial charge in [0, 0.05) is 24.8 Å². The minimum Gasteiger partial charge on any atom is -0.417 e. The zero-order chi connectivity index (χ0) is 14.5. The Morgan fingerprint density at radius 3 is 2.95 bits per heavy atom. The normalized spacial score (nSPS) is 21.2. The van der Waals surface area contributed by atoms with Crippen LogP contribution in [-0.4, -0.2) is 23.7 Å². The summed E-state index contributed by atoms with van der Waals surface area (Å²) in [6, 6.07) is 2.98. The Labute approximate surface area is 115 Å². The minimum atomic E-state index is -2.91. The summed E-state index contributed by atoms with van der Waals surface area (Å²) in [5.74, 6) is 0.502. The summed E-state index contributed by atoms with van der Waals surface area (Å²) in [7, 11) is 0. The van der Waals surface area contributed by atoms with Gasteiger partial charge in [-0.05, 0) is 30.4 Å². The summed E-state index contributed by atoms with van der Waals surface area (Å²) in [5.41, 5.74) is 0.646. The van der Waals surface area contributed by atoms with Crippen molar-refractivity contribution in [3.05, 3.63) is 23.9 Å². The van der Waals surface area contributed by atoms with E-state index in [0.29, 0.717) is 11.5 Å². The summed E-state index contributed by atoms with van der Waals surface area (Å²) < 4.78 is 28.3. The number of carbonyl (C=O) groups is 1. The van der Waals surface area contributed by atoms with Crippen LogP contribution >= 0.6 is 0 Å². The molecule has 0 aromatic carbocycles. The number of nitrogens with zero attached hydrogens (tertiary/aromatic N) is 1. The van der Waals surface area contributed by atoms with Crippen molar-refractivity contribution in [1.29, 1.82) is 0 Å². The van der Waals surface area contributed by atoms with Crippen molar-refractivity contribution < 1.29 is 18.3 Å². The van der Waals surface area contributed by atoms with E-state index in [-0.39, 0.29) is 24.5 Å². The van der Waals surface area contributed by atoms with Crippen LogP contribution in [-0.2, 0) is 6.54 Å². The highest BCUT2D eigenvalue weighted by atomic mass is 19.3. The summed E-state index contributed by atoms with van der Waals surface area (Å²) in [6.45, 7) is -0.539. The van der Waals surface area contributed by atoms with Crippen LogP contribution in [0.3, 0.4) is 0 Å². The second-order valence-electron chi connectivity index (χ2n) is 4.98. The van der Waals surface area contributed by atoms with E-state index in [1.165, 1.54) is 12.3 Å². The van der Waals surface area contributed by atoms with Crippen LogP contribution < -0.4 is 15.4 Å². The Kier molecular flexibility index (Phi) is 4.70. The molecule has 1 aromatic heterocycles. The number of alkyl halides is 2. The molecule has 0 saturated heterocycles. The second kappa shape index (κ2) is 6.49. The molecule has 0 aliphatic heterocycles. The van der Waals surface area contributed by atoms with E-state index in [4.69, 9.17) is 0 Å². The third-order valence-corrected chi connectivity index (χ3v) is 3.17. The molecule has 1 aliphatic carbocycles. The zero-order valence-electron chi connectivity index (χ0n) is 11.1. The first-order chi connectivity index (χ1) is 9.52. The zero-order valence-corrected chi connectivity index (χ0v) is 11.1. The maximum atomic E-state index is 12.0. The van der Waals surface area contributed by atoms with Crippen LogP contribution in [0, 0.1) is 5.92 Å². The van der Waals surface area contributed by atoms with Gasteiger partial charge >= 0.3 is 12.6 Å². The summed E-state index contributed by atoms with van der Waals surface area (Å²) >= 11 is 0. The molecule has 2 rings (SSSR count). The fourth-order valence-corrected chi connectivity index (χ4v) is 2.16. The maximum absolute atomic E-state index is 12.0. The fraction of sp³-hybridized carbons (Fsp3) is 0.538. The van der Waals surface area contributed by atoms with Gasteiger partial charge in [-0.1, -0.05) is 6.92 Å². The Balaban J connectivity index is 1.76. The van der Waals surface area contributed by atoms with Gasteiger partial charge in [0.05, 0.1) is 0 Å². The predicted octanol–water partition coefficient (Wildman–Crippen LogP) is 2.28. The highest BCUT2D eigenvalue weighted by molar-refractivity contribution is 5.74. The molecule has 5 nitrogen and oxygen atoms in total. The molecule has 0 atom stereocenters. The number of amides is 2. The van der Waals surface area contributed by atoms with Crippen LogP contribution in [0.5, 0.6) is 5.88 Å². The second-order valence-corrected chi connectivity index (χ2v) is 4.98. The SMILES string of the molecule is CC1CC(NC(=O)NCc2ccnc(OC(F)F)c2)C1. The molecule has 2 N–H and O–H groups in total. The average molecular weight is 285 g/mol. The van der Waals surface area contributed by atoms with Crippen molar-refractivity contribution in [3.8, 4) is 5.88 Å². The standard InChI is InChI=1S/C13H17F2N3O2/c1-8-4-10(5-8)18-13(19)17-7-9-2-3-16-11(6-9)20-12(14)15/h2-3,6,8,10,12H,4-5,7H2,1H3,(H2,17,18,19). The lowest BCUT2D eigenvalue weighted by atomic mass is 9.82. The van der Waals surface area contributed by atoms with Crippen molar-refractivity contribution in [3.63, 3.8) is 0 Å². The Hall–Kier alpha value is -1.92. The number of hydrogen-bond donors (Lipinski definition) is 2. The number of rotatable bonds is 5. The van der Waals surface area contributed by atoms with Gasteiger partial charge in [-0.25, -0.2) is 9.78 Å². The first-order valence-electron chi connectivity index (χ1n) is 6.47. The van der Waals surface area contributed by atoms with Crippen molar-refractivity contribution >= 4 is 6.03 Å². The number of halogens is 2. The number of carbonyl (C=O) groups excluding carboxylic acids is 1. The summed E-state index contributed by atoms with van der Waals surface area (Å²) in [4.78, 5) is 15.3. The number of aromatic nitrogens is 1. The van der Waals surface area contributed by atoms with Crippen molar-refractivity contribution in [2.24, 2.45) is 5.92 Å². The van der Waals surface area contributed by atoms with E-state index in [1.54, 1.807) is 6.07 Å². The van der Waals surface area contributed by atoms with Crippen LogP contribution in [0.4, 0.5) is 13.6 Å². The molecule has 7 heteroatoms. The highest BCUT2D eigenvalue weighted by Gasteiger charge is 2.26. The molecule has 20 heavy (non-hydrogen) atoms. The third-order valence-electron chi connectivity index (χ3n) is 3.17. The summed E-state index contributed by atoms with van der Waals surface area (Å²) in [6.07, 6.45) is 3.35. The molecule has 1 fully saturated rings. The Morgan fingerprint density at radius 2 is 2.30 bits per heavy atom. The van der Waals surface area contributed by atoms with Crippen molar-refractivity contribution in [2.45, 2.75) is 39.0 Å². The van der Waals surface area contributed by atoms with Gasteiger partial charge in [0.15, 0.2) is 0 Å². The number of hydrogen-bond acceptors (Lipinski definition) is 3. The largest absolute Gasteiger partial charge is 0.417 e. The molecule has 0 spiro atoms. The van der Waals surface area contributed by atoms with E-state index in [9.17, 15) is 13.6 Å². The molecular formula is C13H17F2N3O2. The molecule has 0 unspecified atom stereocenters. The number of pyridine rings is 1. The maximum Gasteiger partial charge on any atom is 0.388 e. The molecule has 110 valence electrons. The van der Waals surface area contributed by atoms with Gasteiger partial charge in [0.1, 0.15) is 0 Å². The third kappa shape index (κ3) is 4.32. The van der Waals surface area contributed by atoms with Gasteiger partial charge in [-0.3, -0.25) is 0 Å². The molecule has 1 saturated carbocycles. The molecular weight excluding hydrogens is 268 g/mol. The number of nitrogens with one attached hydrogen (secondary N) is 2. The van der Waals surface area contributed by atoms with Gasteiger partial charge in [0.25, 0.3) is 0 Å². The Bertz CT molecular complexity index is 465. The fourth-order valence-electron chi connectivity index (χ4n) is 2.16. The van der Waals surface area contributed by atoms with Crippen molar-refractivity contribution in [2.75, 3.05) is 0 Å². The lowest BCUT2D eigenvalue weighted by Crippen LogP contribution is -2.47. The van der Waals surface area contributed by atoms with E-state index in [2.05, 4.69) is 27.3 Å². The van der Waals surface area contributed by atoms with Gasteiger partial charge in [-0.2, -0.15) is 8.78 Å². The van der Waals surface area contributed by atoms with Gasteiger partial charge in [0.2, 0.25) is 5.88 Å². The predicted molar refractivity (Wildman–Crippen MR) is 68.4 cm³/mol. The van der Waals surface area contributed by atoms with Crippen LogP contribution in [0.15, 0.2) is 18.3 Å². The number of ether oxygens (including phenoxy) is 1. The quantitative estimate of drug-likeness (QED) is 0.872. The summed E-state index contributed by atoms with van der Waals surface area (Å²) in [5, 5.41) is 5.52. The molecule has 0 radical (unpaired) electrons. The van der Waals surface area contributed by atoms with E-state index in [0.717, 1.165) is 12.8 Å². The first-order valence-corrected chi connectivity index (χ1v) is 6.47. The molecule has 2 amide bonds. The number of urea groups is 1. The lowest BCUT2D eigenvalue weighted by molar-refractivity contribution is -0.0529. The van der Waals surface area contributed by atoms with Crippen LogP contribution in [0.25, 0.3) is 0 Å². The molecule has 1 aliphatic rings. The average Bonchev–Trinajstić information content (AvgIpc) is 2.34. The molecule has 0 bridgehead atoms. The lowest BCUT2D eigenvalue weighted by Gasteiger charge is -2.33. The smallest absolute Gasteiger partial charge is 0.388 e. The highest BCUT2D eigenvalue weighted by Crippen LogP contribution is 2.25. The van der Waals surface area contributed by atoms with Gasteiger partial charge in [-0.15, -0.1) is 0 Å². The van der Waals surface area contributed by atoms with E-state index >= 15 is 0 Å². The van der Waals surface area contributed by atoms with Gasteiger partial charge < -0.3 is 15.4 Å².